The summed E-state index contributed by atoms with van der Waals surface area (Å²) in [6.07, 6.45) is 12.7. The number of hydrogen-bond acceptors (Lipinski definition) is 3. The fourth-order valence-electron chi connectivity index (χ4n) is 6.71. The van der Waals surface area contributed by atoms with Crippen LogP contribution in [0, 0.1) is 23.2 Å². The van der Waals surface area contributed by atoms with Gasteiger partial charge in [0.2, 0.25) is 0 Å². The fraction of sp³-hybridized carbons (Fsp3) is 0.714. The highest BCUT2D eigenvalue weighted by molar-refractivity contribution is 5.45. The molecule has 3 fully saturated rings. The molecule has 0 amide bonds. The highest BCUT2D eigenvalue weighted by atomic mass is 16.3. The van der Waals surface area contributed by atoms with Crippen molar-refractivity contribution < 1.29 is 15.3 Å². The zero-order valence-electron chi connectivity index (χ0n) is 20.2. The van der Waals surface area contributed by atoms with E-state index in [9.17, 15) is 15.3 Å². The third-order valence-corrected chi connectivity index (χ3v) is 8.61. The van der Waals surface area contributed by atoms with Crippen LogP contribution in [-0.4, -0.2) is 33.1 Å². The van der Waals surface area contributed by atoms with Crippen molar-refractivity contribution in [3.05, 3.63) is 47.6 Å². The van der Waals surface area contributed by atoms with Crippen LogP contribution >= 0.6 is 0 Å². The molecule has 0 heterocycles. The van der Waals surface area contributed by atoms with Gasteiger partial charge in [0.15, 0.2) is 0 Å². The molecule has 0 radical (unpaired) electrons. The molecule has 3 saturated carbocycles. The highest BCUT2D eigenvalue weighted by Crippen LogP contribution is 2.60. The van der Waals surface area contributed by atoms with Crippen molar-refractivity contribution in [3.63, 3.8) is 0 Å². The van der Waals surface area contributed by atoms with Crippen LogP contribution in [0.5, 0.6) is 0 Å². The first-order valence-corrected chi connectivity index (χ1v) is 12.3. The van der Waals surface area contributed by atoms with E-state index in [1.807, 2.05) is 13.8 Å². The van der Waals surface area contributed by atoms with Gasteiger partial charge in [-0.15, -0.1) is 0 Å². The first-order valence-electron chi connectivity index (χ1n) is 12.3. The molecule has 0 aliphatic heterocycles. The van der Waals surface area contributed by atoms with Crippen molar-refractivity contribution in [2.75, 3.05) is 0 Å². The minimum absolute atomic E-state index is 0.355. The van der Waals surface area contributed by atoms with Crippen molar-refractivity contribution in [3.8, 4) is 0 Å². The third-order valence-electron chi connectivity index (χ3n) is 8.61. The molecule has 31 heavy (non-hydrogen) atoms. The largest absolute Gasteiger partial charge is 0.390 e. The summed E-state index contributed by atoms with van der Waals surface area (Å²) in [5.74, 6) is 2.05. The minimum atomic E-state index is -0.842. The maximum absolute atomic E-state index is 10.3. The molecule has 0 aromatic rings. The van der Waals surface area contributed by atoms with Crippen molar-refractivity contribution in [2.45, 2.75) is 103 Å². The SMILES string of the molecule is C=C1/C(=C\C=C2/CCCC3(C)[C@@H](C(C)CCCC(C)(C)O)CC[C@@H]23)C[C@@H](O)C(=C)C1O. The standard InChI is InChI=1S/C28H44O3/c1-18(9-7-15-27(4,5)31)23-13-14-24-21(10-8-16-28(23,24)6)11-12-22-17-25(29)20(3)26(30)19(22)2/h11-12,18,23-26,29-31H,2-3,7-10,13-17H2,1,4-6H3/b21-11+,22-12-/t18?,23-,24+,25-,26?,28?/m1/s1. The topological polar surface area (TPSA) is 60.7 Å². The van der Waals surface area contributed by atoms with Gasteiger partial charge in [0.05, 0.1) is 11.7 Å². The lowest BCUT2D eigenvalue weighted by molar-refractivity contribution is 0.0596. The Kier molecular flexibility index (Phi) is 7.40. The molecule has 0 saturated heterocycles. The van der Waals surface area contributed by atoms with Crippen LogP contribution in [0.25, 0.3) is 0 Å². The van der Waals surface area contributed by atoms with Gasteiger partial charge < -0.3 is 15.3 Å². The smallest absolute Gasteiger partial charge is 0.102 e. The van der Waals surface area contributed by atoms with Crippen molar-refractivity contribution >= 4 is 0 Å². The molecule has 0 aromatic carbocycles. The van der Waals surface area contributed by atoms with Gasteiger partial charge in [-0.25, -0.2) is 0 Å². The van der Waals surface area contributed by atoms with E-state index in [4.69, 9.17) is 0 Å². The summed E-state index contributed by atoms with van der Waals surface area (Å²) < 4.78 is 0. The van der Waals surface area contributed by atoms with Crippen LogP contribution < -0.4 is 0 Å². The summed E-state index contributed by atoms with van der Waals surface area (Å²) >= 11 is 0. The zero-order valence-corrected chi connectivity index (χ0v) is 20.2. The second-order valence-corrected chi connectivity index (χ2v) is 11.4. The molecule has 0 bridgehead atoms. The Hall–Kier alpha value is -1.16. The van der Waals surface area contributed by atoms with E-state index < -0.39 is 17.8 Å². The van der Waals surface area contributed by atoms with Crippen LogP contribution in [-0.2, 0) is 0 Å². The molecule has 0 spiro atoms. The van der Waals surface area contributed by atoms with Gasteiger partial charge in [-0.1, -0.05) is 57.6 Å². The lowest BCUT2D eigenvalue weighted by atomic mass is 9.60. The fourth-order valence-corrected chi connectivity index (χ4v) is 6.71. The van der Waals surface area contributed by atoms with Gasteiger partial charge in [0, 0.05) is 6.42 Å². The Balaban J connectivity index is 1.72. The van der Waals surface area contributed by atoms with E-state index in [0.29, 0.717) is 34.8 Å². The van der Waals surface area contributed by atoms with E-state index in [0.717, 1.165) is 30.8 Å². The van der Waals surface area contributed by atoms with Gasteiger partial charge in [-0.05, 0) is 92.3 Å². The Morgan fingerprint density at radius 1 is 1.19 bits per heavy atom. The van der Waals surface area contributed by atoms with Crippen LogP contribution in [0.4, 0.5) is 0 Å². The van der Waals surface area contributed by atoms with E-state index in [1.165, 1.54) is 37.7 Å². The number of aliphatic hydroxyl groups excluding tert-OH is 2. The molecular formula is C28H44O3. The first kappa shape index (κ1) is 24.5. The average Bonchev–Trinajstić information content (AvgIpc) is 3.04. The summed E-state index contributed by atoms with van der Waals surface area (Å²) in [6.45, 7) is 16.6. The molecule has 6 atom stereocenters. The number of fused-ring (bicyclic) bond motifs is 1. The summed E-state index contributed by atoms with van der Waals surface area (Å²) in [5, 5.41) is 30.5. The number of aliphatic hydroxyl groups is 3. The lowest BCUT2D eigenvalue weighted by Gasteiger charge is -2.44. The Labute approximate surface area is 189 Å². The normalized spacial score (nSPS) is 38.0. The molecule has 3 unspecified atom stereocenters. The Morgan fingerprint density at radius 3 is 2.58 bits per heavy atom. The maximum atomic E-state index is 10.3. The van der Waals surface area contributed by atoms with Crippen LogP contribution in [0.15, 0.2) is 47.6 Å². The van der Waals surface area contributed by atoms with Gasteiger partial charge in [0.1, 0.15) is 6.10 Å². The number of rotatable bonds is 6. The molecule has 3 heteroatoms. The second kappa shape index (κ2) is 9.37. The second-order valence-electron chi connectivity index (χ2n) is 11.4. The van der Waals surface area contributed by atoms with E-state index in [1.54, 1.807) is 0 Å². The zero-order chi connectivity index (χ0) is 23.0. The molecule has 3 rings (SSSR count). The van der Waals surface area contributed by atoms with Gasteiger partial charge >= 0.3 is 0 Å². The molecular weight excluding hydrogens is 384 g/mol. The molecule has 0 aromatic heterocycles. The van der Waals surface area contributed by atoms with Gasteiger partial charge in [-0.3, -0.25) is 0 Å². The third kappa shape index (κ3) is 5.26. The van der Waals surface area contributed by atoms with E-state index >= 15 is 0 Å². The van der Waals surface area contributed by atoms with Crippen LogP contribution in [0.1, 0.15) is 85.5 Å². The van der Waals surface area contributed by atoms with E-state index in [-0.39, 0.29) is 0 Å². The Bertz CT molecular complexity index is 753. The molecule has 174 valence electrons. The summed E-state index contributed by atoms with van der Waals surface area (Å²) in [5.41, 5.74) is 3.41. The van der Waals surface area contributed by atoms with Crippen molar-refractivity contribution in [1.29, 1.82) is 0 Å². The van der Waals surface area contributed by atoms with Crippen molar-refractivity contribution in [1.82, 2.24) is 0 Å². The first-order chi connectivity index (χ1) is 14.4. The lowest BCUT2D eigenvalue weighted by Crippen LogP contribution is -2.36. The van der Waals surface area contributed by atoms with Crippen molar-refractivity contribution in [2.24, 2.45) is 23.2 Å². The minimum Gasteiger partial charge on any atom is -0.390 e. The average molecular weight is 429 g/mol. The molecule has 3 nitrogen and oxygen atoms in total. The van der Waals surface area contributed by atoms with Crippen LogP contribution in [0.2, 0.25) is 0 Å². The maximum Gasteiger partial charge on any atom is 0.102 e. The molecule has 3 aliphatic carbocycles. The Morgan fingerprint density at radius 2 is 1.90 bits per heavy atom. The van der Waals surface area contributed by atoms with Gasteiger partial charge in [0.25, 0.3) is 0 Å². The quantitative estimate of drug-likeness (QED) is 0.464. The molecule has 3 N–H and O–H groups in total. The number of hydrogen-bond donors (Lipinski definition) is 3. The predicted molar refractivity (Wildman–Crippen MR) is 129 cm³/mol. The number of allylic oxidation sites excluding steroid dienone is 3. The summed E-state index contributed by atoms with van der Waals surface area (Å²) in [7, 11) is 0. The summed E-state index contributed by atoms with van der Waals surface area (Å²) in [6, 6.07) is 0. The van der Waals surface area contributed by atoms with E-state index in [2.05, 4.69) is 39.2 Å². The predicted octanol–water partition coefficient (Wildman–Crippen LogP) is 5.87. The highest BCUT2D eigenvalue weighted by Gasteiger charge is 2.50. The van der Waals surface area contributed by atoms with Crippen LogP contribution in [0.3, 0.4) is 0 Å². The summed E-state index contributed by atoms with van der Waals surface area (Å²) in [4.78, 5) is 0. The van der Waals surface area contributed by atoms with Gasteiger partial charge in [-0.2, -0.15) is 0 Å². The molecule has 3 aliphatic rings. The monoisotopic (exact) mass is 428 g/mol.